The standard InChI is InChI=1S/C14H20ClN3O/c1-11-3-4-12(15)13(9-11)17-14(19)10-18-7-2-5-16-6-8-18/h3-4,9,16H,2,5-8,10H2,1H3,(H,17,19). The summed E-state index contributed by atoms with van der Waals surface area (Å²) >= 11 is 6.07. The Kier molecular flexibility index (Phi) is 5.19. The van der Waals surface area contributed by atoms with Crippen LogP contribution in [0.25, 0.3) is 0 Å². The van der Waals surface area contributed by atoms with Crippen molar-refractivity contribution in [1.29, 1.82) is 0 Å². The van der Waals surface area contributed by atoms with E-state index in [4.69, 9.17) is 11.6 Å². The highest BCUT2D eigenvalue weighted by Gasteiger charge is 2.13. The minimum Gasteiger partial charge on any atom is -0.324 e. The number of rotatable bonds is 3. The highest BCUT2D eigenvalue weighted by Crippen LogP contribution is 2.22. The van der Waals surface area contributed by atoms with Crippen molar-refractivity contribution in [3.8, 4) is 0 Å². The van der Waals surface area contributed by atoms with E-state index in [-0.39, 0.29) is 5.91 Å². The summed E-state index contributed by atoms with van der Waals surface area (Å²) in [6.45, 7) is 6.25. The fourth-order valence-electron chi connectivity index (χ4n) is 2.19. The molecular weight excluding hydrogens is 262 g/mol. The molecule has 1 aliphatic heterocycles. The predicted octanol–water partition coefficient (Wildman–Crippen LogP) is 1.88. The summed E-state index contributed by atoms with van der Waals surface area (Å²) in [5.41, 5.74) is 1.78. The van der Waals surface area contributed by atoms with Gasteiger partial charge in [0.1, 0.15) is 0 Å². The molecule has 19 heavy (non-hydrogen) atoms. The smallest absolute Gasteiger partial charge is 0.238 e. The van der Waals surface area contributed by atoms with Gasteiger partial charge >= 0.3 is 0 Å². The van der Waals surface area contributed by atoms with Gasteiger partial charge in [0.25, 0.3) is 0 Å². The molecule has 0 aromatic heterocycles. The van der Waals surface area contributed by atoms with Gasteiger partial charge < -0.3 is 10.6 Å². The number of nitrogens with one attached hydrogen (secondary N) is 2. The van der Waals surface area contributed by atoms with Crippen LogP contribution in [0.3, 0.4) is 0 Å². The summed E-state index contributed by atoms with van der Waals surface area (Å²) in [5.74, 6) is -0.00519. The van der Waals surface area contributed by atoms with E-state index in [1.165, 1.54) is 0 Å². The normalized spacial score (nSPS) is 16.9. The summed E-state index contributed by atoms with van der Waals surface area (Å²) in [6.07, 6.45) is 1.08. The molecule has 0 unspecified atom stereocenters. The van der Waals surface area contributed by atoms with Crippen LogP contribution in [0.1, 0.15) is 12.0 Å². The molecular formula is C14H20ClN3O. The van der Waals surface area contributed by atoms with Gasteiger partial charge in [-0.2, -0.15) is 0 Å². The van der Waals surface area contributed by atoms with Gasteiger partial charge in [0.05, 0.1) is 17.3 Å². The van der Waals surface area contributed by atoms with Crippen molar-refractivity contribution in [3.63, 3.8) is 0 Å². The van der Waals surface area contributed by atoms with Gasteiger partial charge in [-0.1, -0.05) is 17.7 Å². The molecule has 5 heteroatoms. The second-order valence-corrected chi connectivity index (χ2v) is 5.32. The molecule has 1 heterocycles. The van der Waals surface area contributed by atoms with Crippen molar-refractivity contribution < 1.29 is 4.79 Å². The quantitative estimate of drug-likeness (QED) is 0.889. The van der Waals surface area contributed by atoms with E-state index in [2.05, 4.69) is 15.5 Å². The zero-order valence-corrected chi connectivity index (χ0v) is 12.0. The average molecular weight is 282 g/mol. The van der Waals surface area contributed by atoms with Crippen molar-refractivity contribution in [1.82, 2.24) is 10.2 Å². The van der Waals surface area contributed by atoms with Gasteiger partial charge in [-0.25, -0.2) is 0 Å². The van der Waals surface area contributed by atoms with Gasteiger partial charge in [0, 0.05) is 13.1 Å². The number of carbonyl (C=O) groups is 1. The molecule has 0 bridgehead atoms. The van der Waals surface area contributed by atoms with E-state index in [0.717, 1.165) is 38.2 Å². The van der Waals surface area contributed by atoms with Crippen molar-refractivity contribution >= 4 is 23.2 Å². The molecule has 1 amide bonds. The molecule has 1 fully saturated rings. The number of hydrogen-bond donors (Lipinski definition) is 2. The van der Waals surface area contributed by atoms with Crippen LogP contribution in [0, 0.1) is 6.92 Å². The van der Waals surface area contributed by atoms with Crippen LogP contribution in [-0.2, 0) is 4.79 Å². The van der Waals surface area contributed by atoms with Crippen LogP contribution in [0.5, 0.6) is 0 Å². The lowest BCUT2D eigenvalue weighted by atomic mass is 10.2. The lowest BCUT2D eigenvalue weighted by molar-refractivity contribution is -0.117. The highest BCUT2D eigenvalue weighted by molar-refractivity contribution is 6.33. The van der Waals surface area contributed by atoms with Crippen molar-refractivity contribution in [3.05, 3.63) is 28.8 Å². The second-order valence-electron chi connectivity index (χ2n) is 4.91. The third-order valence-corrected chi connectivity index (χ3v) is 3.53. The number of anilines is 1. The molecule has 1 aliphatic rings. The van der Waals surface area contributed by atoms with E-state index in [1.54, 1.807) is 0 Å². The average Bonchev–Trinajstić information content (AvgIpc) is 2.62. The van der Waals surface area contributed by atoms with Gasteiger partial charge in [-0.15, -0.1) is 0 Å². The van der Waals surface area contributed by atoms with Crippen LogP contribution in [0.4, 0.5) is 5.69 Å². The van der Waals surface area contributed by atoms with E-state index in [0.29, 0.717) is 17.3 Å². The maximum atomic E-state index is 12.0. The van der Waals surface area contributed by atoms with Gasteiger partial charge in [0.15, 0.2) is 0 Å². The molecule has 2 rings (SSSR count). The zero-order valence-electron chi connectivity index (χ0n) is 11.2. The Morgan fingerprint density at radius 1 is 1.42 bits per heavy atom. The lowest BCUT2D eigenvalue weighted by Crippen LogP contribution is -2.35. The topological polar surface area (TPSA) is 44.4 Å². The zero-order chi connectivity index (χ0) is 13.7. The summed E-state index contributed by atoms with van der Waals surface area (Å²) in [6, 6.07) is 5.63. The first-order valence-corrected chi connectivity index (χ1v) is 7.02. The number of halogens is 1. The third kappa shape index (κ3) is 4.49. The number of nitrogens with zero attached hydrogens (tertiary/aromatic N) is 1. The minimum absolute atomic E-state index is 0.00519. The van der Waals surface area contributed by atoms with E-state index in [9.17, 15) is 4.79 Å². The van der Waals surface area contributed by atoms with Crippen LogP contribution in [0.15, 0.2) is 18.2 Å². The fourth-order valence-corrected chi connectivity index (χ4v) is 2.35. The fraction of sp³-hybridized carbons (Fsp3) is 0.500. The van der Waals surface area contributed by atoms with E-state index in [1.807, 2.05) is 25.1 Å². The highest BCUT2D eigenvalue weighted by atomic mass is 35.5. The first-order chi connectivity index (χ1) is 9.15. The maximum absolute atomic E-state index is 12.0. The van der Waals surface area contributed by atoms with Crippen LogP contribution in [-0.4, -0.2) is 43.5 Å². The SMILES string of the molecule is Cc1ccc(Cl)c(NC(=O)CN2CCCNCC2)c1. The van der Waals surface area contributed by atoms with Crippen molar-refractivity contribution in [2.45, 2.75) is 13.3 Å². The van der Waals surface area contributed by atoms with Crippen molar-refractivity contribution in [2.24, 2.45) is 0 Å². The Morgan fingerprint density at radius 2 is 2.26 bits per heavy atom. The Bertz CT molecular complexity index is 442. The van der Waals surface area contributed by atoms with Gasteiger partial charge in [0.2, 0.25) is 5.91 Å². The van der Waals surface area contributed by atoms with Crippen molar-refractivity contribution in [2.75, 3.05) is 38.0 Å². The molecule has 1 saturated heterocycles. The summed E-state index contributed by atoms with van der Waals surface area (Å²) in [7, 11) is 0. The molecule has 0 atom stereocenters. The molecule has 0 saturated carbocycles. The first kappa shape index (κ1) is 14.3. The van der Waals surface area contributed by atoms with Crippen LogP contribution >= 0.6 is 11.6 Å². The second kappa shape index (κ2) is 6.89. The number of benzene rings is 1. The predicted molar refractivity (Wildman–Crippen MR) is 78.7 cm³/mol. The summed E-state index contributed by atoms with van der Waals surface area (Å²) in [4.78, 5) is 14.2. The molecule has 1 aromatic rings. The van der Waals surface area contributed by atoms with Gasteiger partial charge in [-0.05, 0) is 44.1 Å². The lowest BCUT2D eigenvalue weighted by Gasteiger charge is -2.19. The number of amides is 1. The van der Waals surface area contributed by atoms with Gasteiger partial charge in [-0.3, -0.25) is 9.69 Å². The Labute approximate surface area is 119 Å². The number of hydrogen-bond acceptors (Lipinski definition) is 3. The third-order valence-electron chi connectivity index (χ3n) is 3.20. The van der Waals surface area contributed by atoms with Crippen LogP contribution < -0.4 is 10.6 Å². The summed E-state index contributed by atoms with van der Waals surface area (Å²) < 4.78 is 0. The maximum Gasteiger partial charge on any atom is 0.238 e. The molecule has 0 radical (unpaired) electrons. The minimum atomic E-state index is -0.00519. The molecule has 1 aromatic carbocycles. The van der Waals surface area contributed by atoms with Crippen LogP contribution in [0.2, 0.25) is 5.02 Å². The Balaban J connectivity index is 1.91. The monoisotopic (exact) mass is 281 g/mol. The number of aryl methyl sites for hydroxylation is 1. The largest absolute Gasteiger partial charge is 0.324 e. The number of carbonyl (C=O) groups excluding carboxylic acids is 1. The molecule has 0 aliphatic carbocycles. The van der Waals surface area contributed by atoms with E-state index < -0.39 is 0 Å². The summed E-state index contributed by atoms with van der Waals surface area (Å²) in [5, 5.41) is 6.79. The Hall–Kier alpha value is -1.10. The molecule has 104 valence electrons. The molecule has 2 N–H and O–H groups in total. The molecule has 4 nitrogen and oxygen atoms in total. The Morgan fingerprint density at radius 3 is 3.11 bits per heavy atom. The molecule has 0 spiro atoms. The first-order valence-electron chi connectivity index (χ1n) is 6.64. The van der Waals surface area contributed by atoms with E-state index >= 15 is 0 Å².